The predicted molar refractivity (Wildman–Crippen MR) is 67.1 cm³/mol. The fourth-order valence-corrected chi connectivity index (χ4v) is 2.41. The van der Waals surface area contributed by atoms with E-state index in [1.54, 1.807) is 0 Å². The number of amides is 1. The van der Waals surface area contributed by atoms with Crippen molar-refractivity contribution in [2.75, 3.05) is 6.54 Å². The predicted octanol–water partition coefficient (Wildman–Crippen LogP) is 2.37. The molecule has 1 aliphatic rings. The molecule has 0 aliphatic carbocycles. The molecule has 1 saturated heterocycles. The van der Waals surface area contributed by atoms with Crippen molar-refractivity contribution in [3.8, 4) is 0 Å². The molecule has 94 valence electrons. The summed E-state index contributed by atoms with van der Waals surface area (Å²) in [5.41, 5.74) is -0.342. The molecule has 0 bridgehead atoms. The van der Waals surface area contributed by atoms with Gasteiger partial charge in [0.05, 0.1) is 11.7 Å². The van der Waals surface area contributed by atoms with Crippen molar-refractivity contribution >= 4 is 5.91 Å². The van der Waals surface area contributed by atoms with Crippen LogP contribution < -0.4 is 5.32 Å². The van der Waals surface area contributed by atoms with Crippen LogP contribution in [0, 0.1) is 5.92 Å². The highest BCUT2D eigenvalue weighted by atomic mass is 16.2. The Bertz CT molecular complexity index is 250. The zero-order chi connectivity index (χ0) is 12.3. The monoisotopic (exact) mass is 226 g/mol. The van der Waals surface area contributed by atoms with Crippen molar-refractivity contribution in [2.45, 2.75) is 65.6 Å². The minimum absolute atomic E-state index is 0.179. The number of nitrogens with zero attached hydrogens (tertiary/aromatic N) is 1. The smallest absolute Gasteiger partial charge is 0.243 e. The van der Waals surface area contributed by atoms with Gasteiger partial charge in [-0.1, -0.05) is 33.6 Å². The van der Waals surface area contributed by atoms with Crippen LogP contribution in [0.5, 0.6) is 0 Å². The molecular weight excluding hydrogens is 200 g/mol. The van der Waals surface area contributed by atoms with Crippen LogP contribution >= 0.6 is 0 Å². The SMILES string of the molecule is CCC(CC)CN1C(=O)C(C)(CC)NC1C. The van der Waals surface area contributed by atoms with Gasteiger partial charge in [-0.25, -0.2) is 0 Å². The second-order valence-corrected chi connectivity index (χ2v) is 5.15. The van der Waals surface area contributed by atoms with Crippen molar-refractivity contribution in [2.24, 2.45) is 5.92 Å². The molecule has 2 unspecified atom stereocenters. The molecule has 1 fully saturated rings. The van der Waals surface area contributed by atoms with Crippen molar-refractivity contribution in [1.29, 1.82) is 0 Å². The second kappa shape index (κ2) is 5.17. The molecule has 3 heteroatoms. The van der Waals surface area contributed by atoms with Crippen LogP contribution in [-0.2, 0) is 4.79 Å². The molecule has 3 nitrogen and oxygen atoms in total. The second-order valence-electron chi connectivity index (χ2n) is 5.15. The van der Waals surface area contributed by atoms with Crippen LogP contribution in [0.1, 0.15) is 53.9 Å². The summed E-state index contributed by atoms with van der Waals surface area (Å²) in [6.45, 7) is 11.5. The fourth-order valence-electron chi connectivity index (χ4n) is 2.41. The summed E-state index contributed by atoms with van der Waals surface area (Å²) < 4.78 is 0. The van der Waals surface area contributed by atoms with Gasteiger partial charge in [-0.3, -0.25) is 10.1 Å². The van der Waals surface area contributed by atoms with Crippen molar-refractivity contribution in [1.82, 2.24) is 10.2 Å². The zero-order valence-corrected chi connectivity index (χ0v) is 11.3. The molecule has 0 radical (unpaired) electrons. The Balaban J connectivity index is 2.71. The lowest BCUT2D eigenvalue weighted by molar-refractivity contribution is -0.133. The Morgan fingerprint density at radius 1 is 1.38 bits per heavy atom. The summed E-state index contributed by atoms with van der Waals surface area (Å²) in [5, 5.41) is 3.41. The minimum Gasteiger partial charge on any atom is -0.326 e. The largest absolute Gasteiger partial charge is 0.326 e. The van der Waals surface area contributed by atoms with Crippen molar-refractivity contribution < 1.29 is 4.79 Å². The van der Waals surface area contributed by atoms with Gasteiger partial charge in [0, 0.05) is 6.54 Å². The first-order chi connectivity index (χ1) is 7.48. The van der Waals surface area contributed by atoms with E-state index in [0.29, 0.717) is 5.92 Å². The van der Waals surface area contributed by atoms with Crippen LogP contribution in [0.15, 0.2) is 0 Å². The lowest BCUT2D eigenvalue weighted by Crippen LogP contribution is -2.43. The first kappa shape index (κ1) is 13.5. The zero-order valence-electron chi connectivity index (χ0n) is 11.3. The van der Waals surface area contributed by atoms with Crippen molar-refractivity contribution in [3.05, 3.63) is 0 Å². The molecular formula is C13H26N2O. The highest BCUT2D eigenvalue weighted by Crippen LogP contribution is 2.25. The van der Waals surface area contributed by atoms with Gasteiger partial charge >= 0.3 is 0 Å². The van der Waals surface area contributed by atoms with Gasteiger partial charge in [-0.15, -0.1) is 0 Å². The molecule has 16 heavy (non-hydrogen) atoms. The highest BCUT2D eigenvalue weighted by molar-refractivity contribution is 5.88. The van der Waals surface area contributed by atoms with E-state index in [4.69, 9.17) is 0 Å². The Morgan fingerprint density at radius 3 is 2.31 bits per heavy atom. The van der Waals surface area contributed by atoms with E-state index in [1.165, 1.54) is 0 Å². The first-order valence-corrected chi connectivity index (χ1v) is 6.57. The van der Waals surface area contributed by atoms with Crippen LogP contribution in [0.4, 0.5) is 0 Å². The summed E-state index contributed by atoms with van der Waals surface area (Å²) in [5.74, 6) is 0.904. The van der Waals surface area contributed by atoms with E-state index in [1.807, 2.05) is 11.8 Å². The van der Waals surface area contributed by atoms with Crippen LogP contribution in [-0.4, -0.2) is 29.1 Å². The third-order valence-electron chi connectivity index (χ3n) is 4.04. The third-order valence-corrected chi connectivity index (χ3v) is 4.04. The van der Waals surface area contributed by atoms with Crippen molar-refractivity contribution in [3.63, 3.8) is 0 Å². The van der Waals surface area contributed by atoms with Gasteiger partial charge < -0.3 is 4.90 Å². The fraction of sp³-hybridized carbons (Fsp3) is 0.923. The van der Waals surface area contributed by atoms with Crippen LogP contribution in [0.3, 0.4) is 0 Å². The molecule has 0 aromatic heterocycles. The van der Waals surface area contributed by atoms with Gasteiger partial charge in [-0.2, -0.15) is 0 Å². The summed E-state index contributed by atoms with van der Waals surface area (Å²) in [6, 6.07) is 0. The maximum absolute atomic E-state index is 12.3. The summed E-state index contributed by atoms with van der Waals surface area (Å²) in [6.07, 6.45) is 3.33. The maximum Gasteiger partial charge on any atom is 0.243 e. The molecule has 0 spiro atoms. The van der Waals surface area contributed by atoms with Gasteiger partial charge in [0.25, 0.3) is 0 Å². The normalized spacial score (nSPS) is 30.5. The van der Waals surface area contributed by atoms with Gasteiger partial charge in [0.1, 0.15) is 0 Å². The lowest BCUT2D eigenvalue weighted by atomic mass is 9.98. The van der Waals surface area contributed by atoms with Gasteiger partial charge in [-0.05, 0) is 26.2 Å². The molecule has 1 amide bonds. The van der Waals surface area contributed by atoms with Crippen LogP contribution in [0.2, 0.25) is 0 Å². The topological polar surface area (TPSA) is 32.3 Å². The van der Waals surface area contributed by atoms with Gasteiger partial charge in [0.2, 0.25) is 5.91 Å². The van der Waals surface area contributed by atoms with E-state index >= 15 is 0 Å². The number of carbonyl (C=O) groups excluding carboxylic acids is 1. The molecule has 0 saturated carbocycles. The maximum atomic E-state index is 12.3. The summed E-state index contributed by atoms with van der Waals surface area (Å²) >= 11 is 0. The number of carbonyl (C=O) groups is 1. The number of nitrogens with one attached hydrogen (secondary N) is 1. The van der Waals surface area contributed by atoms with E-state index in [-0.39, 0.29) is 17.6 Å². The number of hydrogen-bond donors (Lipinski definition) is 1. The number of hydrogen-bond acceptors (Lipinski definition) is 2. The molecule has 1 rings (SSSR count). The van der Waals surface area contributed by atoms with Crippen LogP contribution in [0.25, 0.3) is 0 Å². The average molecular weight is 226 g/mol. The van der Waals surface area contributed by atoms with E-state index in [9.17, 15) is 4.79 Å². The minimum atomic E-state index is -0.342. The number of rotatable bonds is 5. The molecule has 1 heterocycles. The van der Waals surface area contributed by atoms with E-state index in [2.05, 4.69) is 33.0 Å². The average Bonchev–Trinajstić information content (AvgIpc) is 2.49. The molecule has 0 aromatic carbocycles. The third kappa shape index (κ3) is 2.40. The van der Waals surface area contributed by atoms with Gasteiger partial charge in [0.15, 0.2) is 0 Å². The lowest BCUT2D eigenvalue weighted by Gasteiger charge is -2.26. The quantitative estimate of drug-likeness (QED) is 0.780. The molecule has 1 N–H and O–H groups in total. The Morgan fingerprint density at radius 2 is 1.94 bits per heavy atom. The standard InChI is InChI=1S/C13H26N2O/c1-6-11(7-2)9-15-10(4)14-13(5,8-3)12(15)16/h10-11,14H,6-9H2,1-5H3. The Labute approximate surface area is 99.6 Å². The summed E-state index contributed by atoms with van der Waals surface area (Å²) in [7, 11) is 0. The van der Waals surface area contributed by atoms with E-state index < -0.39 is 0 Å². The summed E-state index contributed by atoms with van der Waals surface area (Å²) in [4.78, 5) is 14.3. The molecule has 0 aromatic rings. The van der Waals surface area contributed by atoms with E-state index in [0.717, 1.165) is 25.8 Å². The Hall–Kier alpha value is -0.570. The molecule has 2 atom stereocenters. The molecule has 1 aliphatic heterocycles. The first-order valence-electron chi connectivity index (χ1n) is 6.57. The highest BCUT2D eigenvalue weighted by Gasteiger charge is 2.44. The Kier molecular flexibility index (Phi) is 4.36.